The van der Waals surface area contributed by atoms with Crippen LogP contribution in [0.25, 0.3) is 10.1 Å². The van der Waals surface area contributed by atoms with Crippen molar-refractivity contribution in [1.29, 1.82) is 0 Å². The standard InChI is InChI=1S/C16H19NO3S/c1-2-3-8-17-11(16(19)20)9-13-14(15(17)18)10-6-4-5-7-12(10)21-13/h9H,2-8H2,1H3,(H,19,20). The molecule has 2 aromatic heterocycles. The summed E-state index contributed by atoms with van der Waals surface area (Å²) in [6.07, 6.45) is 6.00. The second kappa shape index (κ2) is 5.64. The molecule has 0 saturated carbocycles. The van der Waals surface area contributed by atoms with E-state index in [-0.39, 0.29) is 11.3 Å². The van der Waals surface area contributed by atoms with E-state index in [0.717, 1.165) is 48.6 Å². The van der Waals surface area contributed by atoms with Crippen LogP contribution in [0.1, 0.15) is 53.5 Å². The van der Waals surface area contributed by atoms with Crippen molar-refractivity contribution < 1.29 is 9.90 Å². The third-order valence-corrected chi connectivity index (χ3v) is 5.41. The Balaban J connectivity index is 2.27. The van der Waals surface area contributed by atoms with Gasteiger partial charge < -0.3 is 9.67 Å². The maximum atomic E-state index is 12.8. The van der Waals surface area contributed by atoms with E-state index in [1.165, 1.54) is 15.0 Å². The van der Waals surface area contributed by atoms with Gasteiger partial charge in [0.15, 0.2) is 0 Å². The third-order valence-electron chi connectivity index (χ3n) is 4.17. The van der Waals surface area contributed by atoms with Crippen LogP contribution in [-0.4, -0.2) is 15.6 Å². The molecule has 0 radical (unpaired) electrons. The van der Waals surface area contributed by atoms with Gasteiger partial charge in [0.1, 0.15) is 5.69 Å². The smallest absolute Gasteiger partial charge is 0.352 e. The molecule has 1 aliphatic carbocycles. The molecule has 4 nitrogen and oxygen atoms in total. The van der Waals surface area contributed by atoms with Gasteiger partial charge >= 0.3 is 5.97 Å². The average molecular weight is 305 g/mol. The number of aromatic carboxylic acids is 1. The second-order valence-corrected chi connectivity index (χ2v) is 6.73. The Kier molecular flexibility index (Phi) is 3.85. The number of carbonyl (C=O) groups is 1. The largest absolute Gasteiger partial charge is 0.477 e. The van der Waals surface area contributed by atoms with Crippen molar-refractivity contribution in [3.8, 4) is 0 Å². The van der Waals surface area contributed by atoms with Crippen molar-refractivity contribution in [3.63, 3.8) is 0 Å². The van der Waals surface area contributed by atoms with Crippen LogP contribution in [0.2, 0.25) is 0 Å². The highest BCUT2D eigenvalue weighted by Crippen LogP contribution is 2.35. The van der Waals surface area contributed by atoms with Gasteiger partial charge in [-0.1, -0.05) is 13.3 Å². The highest BCUT2D eigenvalue weighted by molar-refractivity contribution is 7.19. The lowest BCUT2D eigenvalue weighted by molar-refractivity contribution is 0.0683. The zero-order valence-corrected chi connectivity index (χ0v) is 13.0. The van der Waals surface area contributed by atoms with Gasteiger partial charge in [0.2, 0.25) is 0 Å². The summed E-state index contributed by atoms with van der Waals surface area (Å²) in [4.78, 5) is 25.5. The third kappa shape index (κ3) is 2.39. The molecule has 0 unspecified atom stereocenters. The Hall–Kier alpha value is -1.62. The molecule has 1 N–H and O–H groups in total. The fourth-order valence-corrected chi connectivity index (χ4v) is 4.41. The number of nitrogens with zero attached hydrogens (tertiary/aromatic N) is 1. The maximum absolute atomic E-state index is 12.8. The van der Waals surface area contributed by atoms with Gasteiger partial charge in [-0.15, -0.1) is 11.3 Å². The lowest BCUT2D eigenvalue weighted by Crippen LogP contribution is -2.26. The molecule has 0 aromatic carbocycles. The van der Waals surface area contributed by atoms with Gasteiger partial charge in [0.05, 0.1) is 5.39 Å². The minimum absolute atomic E-state index is 0.113. The van der Waals surface area contributed by atoms with Crippen LogP contribution < -0.4 is 5.56 Å². The van der Waals surface area contributed by atoms with E-state index in [0.29, 0.717) is 6.54 Å². The summed E-state index contributed by atoms with van der Waals surface area (Å²) < 4.78 is 2.30. The zero-order chi connectivity index (χ0) is 15.0. The normalized spacial score (nSPS) is 14.3. The SMILES string of the molecule is CCCCn1c(C(=O)O)cc2sc3c(c2c1=O)CCCC3. The minimum Gasteiger partial charge on any atom is -0.477 e. The Morgan fingerprint density at radius 1 is 1.38 bits per heavy atom. The molecule has 0 bridgehead atoms. The fourth-order valence-electron chi connectivity index (χ4n) is 3.09. The van der Waals surface area contributed by atoms with E-state index < -0.39 is 5.97 Å². The molecule has 21 heavy (non-hydrogen) atoms. The zero-order valence-electron chi connectivity index (χ0n) is 12.1. The van der Waals surface area contributed by atoms with Crippen LogP contribution in [0.15, 0.2) is 10.9 Å². The fraction of sp³-hybridized carbons (Fsp3) is 0.500. The molecular formula is C16H19NO3S. The first-order chi connectivity index (χ1) is 10.1. The first kappa shape index (κ1) is 14.3. The van der Waals surface area contributed by atoms with Crippen LogP contribution in [0.4, 0.5) is 0 Å². The minimum atomic E-state index is -1.02. The van der Waals surface area contributed by atoms with E-state index in [1.54, 1.807) is 17.4 Å². The van der Waals surface area contributed by atoms with E-state index >= 15 is 0 Å². The Morgan fingerprint density at radius 2 is 2.14 bits per heavy atom. The number of unbranched alkanes of at least 4 members (excludes halogenated alkanes) is 1. The van der Waals surface area contributed by atoms with Crippen molar-refractivity contribution in [1.82, 2.24) is 4.57 Å². The Morgan fingerprint density at radius 3 is 2.86 bits per heavy atom. The predicted octanol–water partition coefficient (Wildman–Crippen LogP) is 3.44. The molecule has 112 valence electrons. The van der Waals surface area contributed by atoms with Crippen LogP contribution >= 0.6 is 11.3 Å². The molecule has 1 aliphatic rings. The predicted molar refractivity (Wildman–Crippen MR) is 84.6 cm³/mol. The number of fused-ring (bicyclic) bond motifs is 3. The molecule has 0 amide bonds. The van der Waals surface area contributed by atoms with Gasteiger partial charge in [-0.25, -0.2) is 4.79 Å². The van der Waals surface area contributed by atoms with Gasteiger partial charge in [0.25, 0.3) is 5.56 Å². The van der Waals surface area contributed by atoms with Crippen LogP contribution in [0.3, 0.4) is 0 Å². The topological polar surface area (TPSA) is 59.3 Å². The highest BCUT2D eigenvalue weighted by atomic mass is 32.1. The van der Waals surface area contributed by atoms with Gasteiger partial charge in [-0.2, -0.15) is 0 Å². The summed E-state index contributed by atoms with van der Waals surface area (Å²) in [6.45, 7) is 2.52. The number of aryl methyl sites for hydroxylation is 2. The van der Waals surface area contributed by atoms with Crippen molar-refractivity contribution in [3.05, 3.63) is 32.6 Å². The lowest BCUT2D eigenvalue weighted by atomic mass is 9.96. The first-order valence-electron chi connectivity index (χ1n) is 7.55. The molecule has 2 aromatic rings. The maximum Gasteiger partial charge on any atom is 0.352 e. The quantitative estimate of drug-likeness (QED) is 0.941. The van der Waals surface area contributed by atoms with Crippen molar-refractivity contribution in [2.45, 2.75) is 52.0 Å². The van der Waals surface area contributed by atoms with E-state index in [2.05, 4.69) is 0 Å². The number of carboxylic acids is 1. The Labute approximate surface area is 127 Å². The number of hydrogen-bond acceptors (Lipinski definition) is 3. The number of rotatable bonds is 4. The summed E-state index contributed by atoms with van der Waals surface area (Å²) in [5.74, 6) is -1.02. The summed E-state index contributed by atoms with van der Waals surface area (Å²) >= 11 is 1.60. The van der Waals surface area contributed by atoms with Crippen molar-refractivity contribution in [2.75, 3.05) is 0 Å². The number of carboxylic acid groups (broad SMARTS) is 1. The van der Waals surface area contributed by atoms with Gasteiger partial charge in [-0.3, -0.25) is 4.79 Å². The molecule has 0 aliphatic heterocycles. The van der Waals surface area contributed by atoms with Crippen molar-refractivity contribution >= 4 is 27.4 Å². The number of pyridine rings is 1. The molecule has 3 rings (SSSR count). The molecule has 0 atom stereocenters. The van der Waals surface area contributed by atoms with Crippen LogP contribution in [-0.2, 0) is 19.4 Å². The number of aromatic nitrogens is 1. The molecule has 0 fully saturated rings. The number of thiophene rings is 1. The molecular weight excluding hydrogens is 286 g/mol. The number of hydrogen-bond donors (Lipinski definition) is 1. The second-order valence-electron chi connectivity index (χ2n) is 5.60. The van der Waals surface area contributed by atoms with Crippen LogP contribution in [0, 0.1) is 0 Å². The van der Waals surface area contributed by atoms with Gasteiger partial charge in [0, 0.05) is 16.1 Å². The molecule has 5 heteroatoms. The lowest BCUT2D eigenvalue weighted by Gasteiger charge is -2.12. The van der Waals surface area contributed by atoms with Crippen LogP contribution in [0.5, 0.6) is 0 Å². The van der Waals surface area contributed by atoms with Crippen molar-refractivity contribution in [2.24, 2.45) is 0 Å². The first-order valence-corrected chi connectivity index (χ1v) is 8.36. The summed E-state index contributed by atoms with van der Waals surface area (Å²) in [5, 5.41) is 10.2. The monoisotopic (exact) mass is 305 g/mol. The Bertz CT molecular complexity index is 757. The summed E-state index contributed by atoms with van der Waals surface area (Å²) in [7, 11) is 0. The molecule has 0 spiro atoms. The average Bonchev–Trinajstić information content (AvgIpc) is 2.84. The molecule has 2 heterocycles. The summed E-state index contributed by atoms with van der Waals surface area (Å²) in [6, 6.07) is 1.69. The molecule has 0 saturated heterocycles. The summed E-state index contributed by atoms with van der Waals surface area (Å²) in [5.41, 5.74) is 1.19. The van der Waals surface area contributed by atoms with Gasteiger partial charge in [-0.05, 0) is 43.7 Å². The van der Waals surface area contributed by atoms with E-state index in [1.807, 2.05) is 6.92 Å². The highest BCUT2D eigenvalue weighted by Gasteiger charge is 2.22. The van der Waals surface area contributed by atoms with E-state index in [9.17, 15) is 14.7 Å². The van der Waals surface area contributed by atoms with E-state index in [4.69, 9.17) is 0 Å².